The van der Waals surface area contributed by atoms with Gasteiger partial charge in [0.05, 0.1) is 0 Å². The van der Waals surface area contributed by atoms with E-state index in [1.54, 1.807) is 6.07 Å². The lowest BCUT2D eigenvalue weighted by Gasteiger charge is -2.05. The first-order chi connectivity index (χ1) is 10.2. The predicted octanol–water partition coefficient (Wildman–Crippen LogP) is 2.58. The number of aryl methyl sites for hydroxylation is 1. The molecule has 0 atom stereocenters. The van der Waals surface area contributed by atoms with Crippen molar-refractivity contribution in [3.63, 3.8) is 0 Å². The van der Waals surface area contributed by atoms with Crippen LogP contribution in [-0.2, 0) is 13.0 Å². The highest BCUT2D eigenvalue weighted by Gasteiger charge is 2.11. The molecule has 1 heterocycles. The molecule has 0 aliphatic carbocycles. The summed E-state index contributed by atoms with van der Waals surface area (Å²) in [6, 6.07) is 9.99. The summed E-state index contributed by atoms with van der Waals surface area (Å²) in [4.78, 5) is 12.7. The SMILES string of the molecule is CCc1ccc(CNC(=O)c2sccc2C#CCO)cc1. The zero-order valence-corrected chi connectivity index (χ0v) is 12.7. The molecule has 2 rings (SSSR count). The number of carbonyl (C=O) groups excluding carboxylic acids is 1. The maximum Gasteiger partial charge on any atom is 0.262 e. The van der Waals surface area contributed by atoms with Crippen LogP contribution < -0.4 is 5.32 Å². The predicted molar refractivity (Wildman–Crippen MR) is 85.3 cm³/mol. The van der Waals surface area contributed by atoms with Crippen molar-refractivity contribution < 1.29 is 9.90 Å². The summed E-state index contributed by atoms with van der Waals surface area (Å²) in [6.07, 6.45) is 1.01. The molecule has 2 N–H and O–H groups in total. The summed E-state index contributed by atoms with van der Waals surface area (Å²) >= 11 is 1.35. The molecule has 0 fully saturated rings. The fourth-order valence-corrected chi connectivity index (χ4v) is 2.64. The van der Waals surface area contributed by atoms with Crippen LogP contribution in [0.5, 0.6) is 0 Å². The third-order valence-corrected chi connectivity index (χ3v) is 3.97. The average Bonchev–Trinajstić information content (AvgIpc) is 2.99. The summed E-state index contributed by atoms with van der Waals surface area (Å²) in [5, 5.41) is 13.4. The molecular weight excluding hydrogens is 282 g/mol. The van der Waals surface area contributed by atoms with Crippen molar-refractivity contribution in [3.05, 3.63) is 57.3 Å². The molecule has 0 spiro atoms. The molecule has 108 valence electrons. The van der Waals surface area contributed by atoms with Crippen molar-refractivity contribution in [3.8, 4) is 11.8 Å². The number of amides is 1. The van der Waals surface area contributed by atoms with Gasteiger partial charge in [0.2, 0.25) is 0 Å². The van der Waals surface area contributed by atoms with Crippen molar-refractivity contribution in [2.45, 2.75) is 19.9 Å². The van der Waals surface area contributed by atoms with Crippen LogP contribution in [0.4, 0.5) is 0 Å². The Bertz CT molecular complexity index is 662. The highest BCUT2D eigenvalue weighted by atomic mass is 32.1. The van der Waals surface area contributed by atoms with E-state index in [-0.39, 0.29) is 12.5 Å². The number of hydrogen-bond donors (Lipinski definition) is 2. The van der Waals surface area contributed by atoms with Gasteiger partial charge in [-0.2, -0.15) is 0 Å². The number of carbonyl (C=O) groups is 1. The zero-order chi connectivity index (χ0) is 15.1. The summed E-state index contributed by atoms with van der Waals surface area (Å²) in [5.74, 6) is 5.22. The fraction of sp³-hybridized carbons (Fsp3) is 0.235. The van der Waals surface area contributed by atoms with E-state index in [1.807, 2.05) is 17.5 Å². The van der Waals surface area contributed by atoms with Gasteiger partial charge < -0.3 is 10.4 Å². The van der Waals surface area contributed by atoms with Crippen LogP contribution >= 0.6 is 11.3 Å². The van der Waals surface area contributed by atoms with Crippen LogP contribution in [0.15, 0.2) is 35.7 Å². The van der Waals surface area contributed by atoms with Crippen LogP contribution in [-0.4, -0.2) is 17.6 Å². The van der Waals surface area contributed by atoms with Crippen LogP contribution in [0.2, 0.25) is 0 Å². The molecule has 1 amide bonds. The summed E-state index contributed by atoms with van der Waals surface area (Å²) in [5.41, 5.74) is 3.01. The number of hydrogen-bond acceptors (Lipinski definition) is 3. The molecule has 0 bridgehead atoms. The van der Waals surface area contributed by atoms with Gasteiger partial charge in [-0.15, -0.1) is 11.3 Å². The lowest BCUT2D eigenvalue weighted by atomic mass is 10.1. The second kappa shape index (κ2) is 7.63. The molecule has 0 radical (unpaired) electrons. The first-order valence-electron chi connectivity index (χ1n) is 6.77. The lowest BCUT2D eigenvalue weighted by Crippen LogP contribution is -2.22. The van der Waals surface area contributed by atoms with Crippen molar-refractivity contribution in [1.29, 1.82) is 0 Å². The van der Waals surface area contributed by atoms with Crippen LogP contribution in [0.1, 0.15) is 33.3 Å². The second-order valence-corrected chi connectivity index (χ2v) is 5.39. The third-order valence-electron chi connectivity index (χ3n) is 3.06. The highest BCUT2D eigenvalue weighted by molar-refractivity contribution is 7.12. The Balaban J connectivity index is 1.99. The molecule has 4 heteroatoms. The largest absolute Gasteiger partial charge is 0.384 e. The Morgan fingerprint density at radius 2 is 1.95 bits per heavy atom. The standard InChI is InChI=1S/C17H17NO2S/c1-2-13-5-7-14(8-6-13)12-18-17(20)16-15(4-3-10-19)9-11-21-16/h5-9,11,19H,2,10,12H2,1H3,(H,18,20). The van der Waals surface area contributed by atoms with E-state index in [1.165, 1.54) is 16.9 Å². The Morgan fingerprint density at radius 3 is 2.62 bits per heavy atom. The van der Waals surface area contributed by atoms with E-state index >= 15 is 0 Å². The monoisotopic (exact) mass is 299 g/mol. The number of rotatable bonds is 4. The molecule has 1 aromatic carbocycles. The Hall–Kier alpha value is -2.09. The number of aliphatic hydroxyl groups excluding tert-OH is 1. The van der Waals surface area contributed by atoms with Gasteiger partial charge in [0.25, 0.3) is 5.91 Å². The van der Waals surface area contributed by atoms with Gasteiger partial charge in [-0.25, -0.2) is 0 Å². The molecule has 21 heavy (non-hydrogen) atoms. The smallest absolute Gasteiger partial charge is 0.262 e. The van der Waals surface area contributed by atoms with Crippen molar-refractivity contribution in [2.75, 3.05) is 6.61 Å². The first-order valence-corrected chi connectivity index (χ1v) is 7.65. The second-order valence-electron chi connectivity index (χ2n) is 4.48. The molecule has 0 aliphatic heterocycles. The maximum atomic E-state index is 12.2. The van der Waals surface area contributed by atoms with Crippen molar-refractivity contribution in [1.82, 2.24) is 5.32 Å². The van der Waals surface area contributed by atoms with Crippen LogP contribution in [0, 0.1) is 11.8 Å². The Morgan fingerprint density at radius 1 is 1.24 bits per heavy atom. The van der Waals surface area contributed by atoms with Gasteiger partial charge in [-0.05, 0) is 29.0 Å². The quantitative estimate of drug-likeness (QED) is 0.853. The van der Waals surface area contributed by atoms with Crippen LogP contribution in [0.25, 0.3) is 0 Å². The third kappa shape index (κ3) is 4.19. The molecule has 0 saturated carbocycles. The molecule has 1 aromatic heterocycles. The van der Waals surface area contributed by atoms with E-state index in [0.29, 0.717) is 17.0 Å². The first kappa shape index (κ1) is 15.3. The minimum Gasteiger partial charge on any atom is -0.384 e. The minimum absolute atomic E-state index is 0.133. The van der Waals surface area contributed by atoms with Gasteiger partial charge >= 0.3 is 0 Å². The summed E-state index contributed by atoms with van der Waals surface area (Å²) in [6.45, 7) is 2.40. The van der Waals surface area contributed by atoms with E-state index in [2.05, 4.69) is 36.2 Å². The molecule has 0 unspecified atom stereocenters. The van der Waals surface area contributed by atoms with Gasteiger partial charge in [0.15, 0.2) is 0 Å². The average molecular weight is 299 g/mol. The van der Waals surface area contributed by atoms with Gasteiger partial charge in [-0.3, -0.25) is 4.79 Å². The molecule has 0 saturated heterocycles. The van der Waals surface area contributed by atoms with Gasteiger partial charge in [0, 0.05) is 12.1 Å². The number of nitrogens with one attached hydrogen (secondary N) is 1. The van der Waals surface area contributed by atoms with E-state index in [9.17, 15) is 4.79 Å². The lowest BCUT2D eigenvalue weighted by molar-refractivity contribution is 0.0955. The van der Waals surface area contributed by atoms with Crippen molar-refractivity contribution in [2.24, 2.45) is 0 Å². The topological polar surface area (TPSA) is 49.3 Å². The Kier molecular flexibility index (Phi) is 5.56. The molecule has 3 nitrogen and oxygen atoms in total. The molecular formula is C17H17NO2S. The molecule has 2 aromatic rings. The Labute approximate surface area is 128 Å². The summed E-state index contributed by atoms with van der Waals surface area (Å²) in [7, 11) is 0. The van der Waals surface area contributed by atoms with Crippen LogP contribution in [0.3, 0.4) is 0 Å². The van der Waals surface area contributed by atoms with E-state index < -0.39 is 0 Å². The number of aliphatic hydroxyl groups is 1. The molecule has 0 aliphatic rings. The normalized spacial score (nSPS) is 9.81. The minimum atomic E-state index is -0.208. The highest BCUT2D eigenvalue weighted by Crippen LogP contribution is 2.16. The van der Waals surface area contributed by atoms with E-state index in [4.69, 9.17) is 5.11 Å². The fourth-order valence-electron chi connectivity index (χ4n) is 1.87. The zero-order valence-electron chi connectivity index (χ0n) is 11.8. The summed E-state index contributed by atoms with van der Waals surface area (Å²) < 4.78 is 0. The number of thiophene rings is 1. The number of benzene rings is 1. The van der Waals surface area contributed by atoms with Crippen molar-refractivity contribution >= 4 is 17.2 Å². The van der Waals surface area contributed by atoms with Gasteiger partial charge in [-0.1, -0.05) is 43.0 Å². The van der Waals surface area contributed by atoms with Gasteiger partial charge in [0.1, 0.15) is 11.5 Å². The maximum absolute atomic E-state index is 12.2. The van der Waals surface area contributed by atoms with E-state index in [0.717, 1.165) is 12.0 Å².